The van der Waals surface area contributed by atoms with Gasteiger partial charge in [0.15, 0.2) is 5.75 Å². The number of rotatable bonds is 5. The Hall–Kier alpha value is -2.02. The zero-order valence-electron chi connectivity index (χ0n) is 12.0. The first-order valence-electron chi connectivity index (χ1n) is 6.62. The molecule has 1 N–H and O–H groups in total. The monoisotopic (exact) mass is 388 g/mol. The molecule has 24 heavy (non-hydrogen) atoms. The Labute approximate surface area is 152 Å². The molecule has 0 aromatic heterocycles. The van der Waals surface area contributed by atoms with Gasteiger partial charge in [0, 0.05) is 11.6 Å². The fourth-order valence-electron chi connectivity index (χ4n) is 1.80. The molecule has 2 aromatic rings. The van der Waals surface area contributed by atoms with Gasteiger partial charge in [-0.25, -0.2) is 0 Å². The molecule has 0 bridgehead atoms. The van der Waals surface area contributed by atoms with E-state index in [-0.39, 0.29) is 11.4 Å². The molecular weight excluding hydrogens is 379 g/mol. The number of halogens is 3. The van der Waals surface area contributed by atoms with Crippen LogP contribution in [-0.4, -0.2) is 20.9 Å². The van der Waals surface area contributed by atoms with Crippen molar-refractivity contribution in [1.29, 1.82) is 0 Å². The zero-order valence-corrected chi connectivity index (χ0v) is 14.3. The van der Waals surface area contributed by atoms with Gasteiger partial charge in [0.25, 0.3) is 5.91 Å². The average Bonchev–Trinajstić information content (AvgIpc) is 2.54. The molecule has 0 unspecified atom stereocenters. The molecule has 1 atom stereocenters. The quantitative estimate of drug-likeness (QED) is 0.361. The predicted octanol–water partition coefficient (Wildman–Crippen LogP) is 4.10. The lowest BCUT2D eigenvalue weighted by Gasteiger charge is -2.26. The van der Waals surface area contributed by atoms with Crippen LogP contribution in [0.3, 0.4) is 0 Å². The lowest BCUT2D eigenvalue weighted by molar-refractivity contribution is -0.386. The fraction of sp³-hybridized carbons (Fsp3) is 0.133. The summed E-state index contributed by atoms with van der Waals surface area (Å²) in [4.78, 5) is 22.6. The SMILES string of the molecule is O=C(N[C@@H](Oc1ccccc1[N+](=O)[O-])C(Cl)(Cl)Cl)c1ccccc1. The highest BCUT2D eigenvalue weighted by molar-refractivity contribution is 6.68. The molecular formula is C15H11Cl3N2O4. The Morgan fingerprint density at radius 3 is 2.25 bits per heavy atom. The minimum Gasteiger partial charge on any atom is -0.459 e. The highest BCUT2D eigenvalue weighted by Crippen LogP contribution is 2.35. The second-order valence-electron chi connectivity index (χ2n) is 4.60. The van der Waals surface area contributed by atoms with Crippen LogP contribution in [0, 0.1) is 10.1 Å². The minimum absolute atomic E-state index is 0.132. The summed E-state index contributed by atoms with van der Waals surface area (Å²) in [5, 5.41) is 13.4. The van der Waals surface area contributed by atoms with Crippen LogP contribution >= 0.6 is 34.8 Å². The molecule has 0 aliphatic rings. The number of nitrogens with zero attached hydrogens (tertiary/aromatic N) is 1. The third-order valence-corrected chi connectivity index (χ3v) is 3.50. The molecule has 0 aliphatic carbocycles. The molecule has 0 fully saturated rings. The molecule has 6 nitrogen and oxygen atoms in total. The van der Waals surface area contributed by atoms with E-state index in [9.17, 15) is 14.9 Å². The molecule has 0 saturated heterocycles. The summed E-state index contributed by atoms with van der Waals surface area (Å²) in [6, 6.07) is 13.8. The van der Waals surface area contributed by atoms with Crippen LogP contribution in [0.2, 0.25) is 0 Å². The first-order chi connectivity index (χ1) is 11.3. The van der Waals surface area contributed by atoms with Crippen molar-refractivity contribution in [2.75, 3.05) is 0 Å². The topological polar surface area (TPSA) is 81.5 Å². The van der Waals surface area contributed by atoms with Crippen molar-refractivity contribution in [3.05, 3.63) is 70.3 Å². The zero-order chi connectivity index (χ0) is 17.7. The fourth-order valence-corrected chi connectivity index (χ4v) is 2.10. The number of nitro groups is 1. The number of carbonyl (C=O) groups is 1. The first kappa shape index (κ1) is 18.3. The van der Waals surface area contributed by atoms with Crippen LogP contribution in [0.15, 0.2) is 54.6 Å². The van der Waals surface area contributed by atoms with E-state index in [1.54, 1.807) is 30.3 Å². The molecule has 2 aromatic carbocycles. The lowest BCUT2D eigenvalue weighted by Crippen LogP contribution is -2.47. The highest BCUT2D eigenvalue weighted by Gasteiger charge is 2.37. The van der Waals surface area contributed by atoms with Gasteiger partial charge in [0.2, 0.25) is 10.0 Å². The van der Waals surface area contributed by atoms with Crippen LogP contribution in [0.1, 0.15) is 10.4 Å². The van der Waals surface area contributed by atoms with Crippen molar-refractivity contribution in [3.8, 4) is 5.75 Å². The number of carbonyl (C=O) groups excluding carboxylic acids is 1. The standard InChI is InChI=1S/C15H11Cl3N2O4/c16-15(17,18)14(19-13(21)10-6-2-1-3-7-10)24-12-9-5-4-8-11(12)20(22)23/h1-9,14H,(H,19,21)/t14-/m0/s1. The van der Waals surface area contributed by atoms with E-state index in [1.165, 1.54) is 24.3 Å². The molecule has 9 heteroatoms. The third kappa shape index (κ3) is 4.74. The van der Waals surface area contributed by atoms with E-state index in [2.05, 4.69) is 5.32 Å². The van der Waals surface area contributed by atoms with Crippen LogP contribution in [0.4, 0.5) is 5.69 Å². The van der Waals surface area contributed by atoms with Gasteiger partial charge in [0.05, 0.1) is 4.92 Å². The number of amides is 1. The van der Waals surface area contributed by atoms with Gasteiger partial charge in [-0.3, -0.25) is 14.9 Å². The Bertz CT molecular complexity index is 735. The number of nitro benzene ring substituents is 1. The van der Waals surface area contributed by atoms with Gasteiger partial charge >= 0.3 is 5.69 Å². The summed E-state index contributed by atoms with van der Waals surface area (Å²) in [6.45, 7) is 0. The Kier molecular flexibility index (Phi) is 5.88. The van der Waals surface area contributed by atoms with Crippen LogP contribution in [0.25, 0.3) is 0 Å². The van der Waals surface area contributed by atoms with Gasteiger partial charge in [0.1, 0.15) is 0 Å². The number of hydrogen-bond acceptors (Lipinski definition) is 4. The van der Waals surface area contributed by atoms with Gasteiger partial charge in [-0.15, -0.1) is 0 Å². The van der Waals surface area contributed by atoms with E-state index in [4.69, 9.17) is 39.5 Å². The molecule has 0 heterocycles. The number of nitrogens with one attached hydrogen (secondary N) is 1. The van der Waals surface area contributed by atoms with E-state index in [0.29, 0.717) is 5.56 Å². The third-order valence-electron chi connectivity index (χ3n) is 2.90. The van der Waals surface area contributed by atoms with Gasteiger partial charge in [-0.2, -0.15) is 0 Å². The number of benzene rings is 2. The average molecular weight is 390 g/mol. The van der Waals surface area contributed by atoms with Crippen molar-refractivity contribution in [3.63, 3.8) is 0 Å². The normalized spacial score (nSPS) is 12.3. The van der Waals surface area contributed by atoms with E-state index < -0.39 is 20.9 Å². The summed E-state index contributed by atoms with van der Waals surface area (Å²) in [5.74, 6) is -0.683. The van der Waals surface area contributed by atoms with Crippen molar-refractivity contribution in [2.45, 2.75) is 10.0 Å². The molecule has 0 radical (unpaired) electrons. The van der Waals surface area contributed by atoms with E-state index in [0.717, 1.165) is 0 Å². The maximum Gasteiger partial charge on any atom is 0.311 e. The van der Waals surface area contributed by atoms with E-state index >= 15 is 0 Å². The molecule has 1 amide bonds. The summed E-state index contributed by atoms with van der Waals surface area (Å²) >= 11 is 17.5. The molecule has 2 rings (SSSR count). The summed E-state index contributed by atoms with van der Waals surface area (Å²) in [6.07, 6.45) is -1.43. The first-order valence-corrected chi connectivity index (χ1v) is 7.75. The van der Waals surface area contributed by atoms with Gasteiger partial charge < -0.3 is 10.1 Å². The minimum atomic E-state index is -2.05. The van der Waals surface area contributed by atoms with Crippen LogP contribution < -0.4 is 10.1 Å². The summed E-state index contributed by atoms with van der Waals surface area (Å²) < 4.78 is 3.35. The Morgan fingerprint density at radius 1 is 1.08 bits per heavy atom. The lowest BCUT2D eigenvalue weighted by atomic mass is 10.2. The Morgan fingerprint density at radius 2 is 1.67 bits per heavy atom. The Balaban J connectivity index is 2.25. The van der Waals surface area contributed by atoms with Gasteiger partial charge in [-0.1, -0.05) is 65.1 Å². The van der Waals surface area contributed by atoms with Crippen molar-refractivity contribution >= 4 is 46.4 Å². The number of alkyl halides is 3. The largest absolute Gasteiger partial charge is 0.459 e. The second-order valence-corrected chi connectivity index (χ2v) is 6.97. The number of ether oxygens (including phenoxy) is 1. The van der Waals surface area contributed by atoms with Crippen molar-refractivity contribution < 1.29 is 14.5 Å². The number of para-hydroxylation sites is 2. The summed E-state index contributed by atoms with van der Waals surface area (Å²) in [7, 11) is 0. The van der Waals surface area contributed by atoms with Crippen LogP contribution in [0.5, 0.6) is 5.75 Å². The van der Waals surface area contributed by atoms with E-state index in [1.807, 2.05) is 0 Å². The summed E-state index contributed by atoms with van der Waals surface area (Å²) in [5.41, 5.74) is 0.00798. The predicted molar refractivity (Wildman–Crippen MR) is 91.7 cm³/mol. The van der Waals surface area contributed by atoms with Crippen molar-refractivity contribution in [1.82, 2.24) is 5.32 Å². The molecule has 126 valence electrons. The number of hydrogen-bond donors (Lipinski definition) is 1. The van der Waals surface area contributed by atoms with Crippen molar-refractivity contribution in [2.24, 2.45) is 0 Å². The molecule has 0 aliphatic heterocycles. The highest BCUT2D eigenvalue weighted by atomic mass is 35.6. The second kappa shape index (κ2) is 7.70. The van der Waals surface area contributed by atoms with Crippen LogP contribution in [-0.2, 0) is 0 Å². The van der Waals surface area contributed by atoms with Gasteiger partial charge in [-0.05, 0) is 18.2 Å². The molecule has 0 spiro atoms. The molecule has 0 saturated carbocycles. The smallest absolute Gasteiger partial charge is 0.311 e. The maximum absolute atomic E-state index is 12.2. The maximum atomic E-state index is 12.2.